The third kappa shape index (κ3) is 1.93. The molecule has 21 heavy (non-hydrogen) atoms. The van der Waals surface area contributed by atoms with Gasteiger partial charge in [0.1, 0.15) is 0 Å². The normalized spacial score (nSPS) is 31.5. The van der Waals surface area contributed by atoms with Gasteiger partial charge in [0, 0.05) is 6.54 Å². The fourth-order valence-electron chi connectivity index (χ4n) is 4.14. The molecular formula is C17H20N2O2. The average Bonchev–Trinajstić information content (AvgIpc) is 2.97. The van der Waals surface area contributed by atoms with Gasteiger partial charge in [0.05, 0.1) is 17.5 Å². The summed E-state index contributed by atoms with van der Waals surface area (Å²) in [6, 6.07) is 6.02. The topological polar surface area (TPSA) is 49.4 Å². The first-order valence-corrected chi connectivity index (χ1v) is 7.85. The van der Waals surface area contributed by atoms with Crippen LogP contribution in [0, 0.1) is 17.8 Å². The van der Waals surface area contributed by atoms with Gasteiger partial charge >= 0.3 is 0 Å². The maximum absolute atomic E-state index is 12.6. The van der Waals surface area contributed by atoms with Crippen LogP contribution >= 0.6 is 0 Å². The number of nitrogens with zero attached hydrogens (tertiary/aromatic N) is 1. The van der Waals surface area contributed by atoms with Crippen molar-refractivity contribution in [3.05, 3.63) is 29.3 Å². The SMILES string of the molecule is CC1CC2C(=O)N(c3ccc4c(c3)CNCC4)C(=O)C2C1. The Balaban J connectivity index is 1.68. The summed E-state index contributed by atoms with van der Waals surface area (Å²) < 4.78 is 0. The van der Waals surface area contributed by atoms with Crippen LogP contribution in [0.25, 0.3) is 0 Å². The van der Waals surface area contributed by atoms with Gasteiger partial charge < -0.3 is 5.32 Å². The van der Waals surface area contributed by atoms with Gasteiger partial charge in [-0.2, -0.15) is 0 Å². The number of imide groups is 1. The van der Waals surface area contributed by atoms with Crippen LogP contribution in [0.2, 0.25) is 0 Å². The highest BCUT2D eigenvalue weighted by atomic mass is 16.2. The molecule has 1 saturated carbocycles. The Morgan fingerprint density at radius 1 is 1.10 bits per heavy atom. The first kappa shape index (κ1) is 13.0. The molecular weight excluding hydrogens is 264 g/mol. The Hall–Kier alpha value is -1.68. The Bertz CT molecular complexity index is 601. The lowest BCUT2D eigenvalue weighted by Gasteiger charge is -2.22. The second kappa shape index (κ2) is 4.67. The van der Waals surface area contributed by atoms with E-state index in [1.165, 1.54) is 16.0 Å². The first-order chi connectivity index (χ1) is 10.1. The van der Waals surface area contributed by atoms with Crippen LogP contribution in [0.4, 0.5) is 5.69 Å². The molecule has 2 aliphatic heterocycles. The molecule has 0 aromatic heterocycles. The van der Waals surface area contributed by atoms with Gasteiger partial charge in [-0.1, -0.05) is 13.0 Å². The maximum Gasteiger partial charge on any atom is 0.237 e. The van der Waals surface area contributed by atoms with Gasteiger partial charge in [-0.3, -0.25) is 14.5 Å². The molecule has 110 valence electrons. The minimum absolute atomic E-state index is 0.0121. The van der Waals surface area contributed by atoms with Crippen molar-refractivity contribution in [1.29, 1.82) is 0 Å². The van der Waals surface area contributed by atoms with E-state index in [1.807, 2.05) is 12.1 Å². The van der Waals surface area contributed by atoms with Crippen LogP contribution in [0.15, 0.2) is 18.2 Å². The van der Waals surface area contributed by atoms with Gasteiger partial charge in [0.25, 0.3) is 0 Å². The van der Waals surface area contributed by atoms with Crippen molar-refractivity contribution < 1.29 is 9.59 Å². The number of hydrogen-bond donors (Lipinski definition) is 1. The molecule has 1 aromatic carbocycles. The fourth-order valence-corrected chi connectivity index (χ4v) is 4.14. The molecule has 4 heteroatoms. The Morgan fingerprint density at radius 3 is 2.52 bits per heavy atom. The van der Waals surface area contributed by atoms with Crippen molar-refractivity contribution in [2.75, 3.05) is 11.4 Å². The zero-order valence-electron chi connectivity index (χ0n) is 12.3. The summed E-state index contributed by atoms with van der Waals surface area (Å²) in [6.45, 7) is 3.95. The van der Waals surface area contributed by atoms with Crippen LogP contribution in [0.3, 0.4) is 0 Å². The van der Waals surface area contributed by atoms with Crippen LogP contribution < -0.4 is 10.2 Å². The van der Waals surface area contributed by atoms with E-state index in [-0.39, 0.29) is 23.7 Å². The lowest BCUT2D eigenvalue weighted by molar-refractivity contribution is -0.123. The average molecular weight is 284 g/mol. The zero-order chi connectivity index (χ0) is 14.6. The van der Waals surface area contributed by atoms with E-state index in [2.05, 4.69) is 18.3 Å². The molecule has 2 atom stereocenters. The summed E-state index contributed by atoms with van der Waals surface area (Å²) in [7, 11) is 0. The van der Waals surface area contributed by atoms with Gasteiger partial charge in [0.15, 0.2) is 0 Å². The lowest BCUT2D eigenvalue weighted by atomic mass is 10.00. The molecule has 0 spiro atoms. The molecule has 1 saturated heterocycles. The molecule has 2 heterocycles. The number of nitrogens with one attached hydrogen (secondary N) is 1. The standard InChI is InChI=1S/C17H20N2O2/c1-10-6-14-15(7-10)17(21)19(16(14)20)13-3-2-11-4-5-18-9-12(11)8-13/h2-3,8,10,14-15,18H,4-7,9H2,1H3. The molecule has 4 nitrogen and oxygen atoms in total. The van der Waals surface area contributed by atoms with Gasteiger partial charge in [0.2, 0.25) is 11.8 Å². The molecule has 1 N–H and O–H groups in total. The molecule has 1 aromatic rings. The third-order valence-corrected chi connectivity index (χ3v) is 5.21. The number of hydrogen-bond acceptors (Lipinski definition) is 3. The predicted molar refractivity (Wildman–Crippen MR) is 79.7 cm³/mol. The van der Waals surface area contributed by atoms with Crippen molar-refractivity contribution in [3.8, 4) is 0 Å². The number of fused-ring (bicyclic) bond motifs is 2. The third-order valence-electron chi connectivity index (χ3n) is 5.21. The van der Waals surface area contributed by atoms with E-state index in [0.717, 1.165) is 38.0 Å². The van der Waals surface area contributed by atoms with E-state index in [1.54, 1.807) is 0 Å². The molecule has 3 aliphatic rings. The van der Waals surface area contributed by atoms with Crippen molar-refractivity contribution in [3.63, 3.8) is 0 Å². The number of carbonyl (C=O) groups excluding carboxylic acids is 2. The van der Waals surface area contributed by atoms with Crippen LogP contribution in [-0.4, -0.2) is 18.4 Å². The number of rotatable bonds is 1. The fraction of sp³-hybridized carbons (Fsp3) is 0.529. The van der Waals surface area contributed by atoms with E-state index >= 15 is 0 Å². The molecule has 2 fully saturated rings. The summed E-state index contributed by atoms with van der Waals surface area (Å²) in [4.78, 5) is 26.6. The quantitative estimate of drug-likeness (QED) is 0.801. The van der Waals surface area contributed by atoms with E-state index in [9.17, 15) is 9.59 Å². The zero-order valence-corrected chi connectivity index (χ0v) is 12.3. The summed E-state index contributed by atoms with van der Waals surface area (Å²) in [5.41, 5.74) is 3.30. The van der Waals surface area contributed by atoms with Crippen molar-refractivity contribution in [2.45, 2.75) is 32.7 Å². The minimum atomic E-state index is -0.0818. The molecule has 1 aliphatic carbocycles. The monoisotopic (exact) mass is 284 g/mol. The largest absolute Gasteiger partial charge is 0.312 e. The molecule has 4 rings (SSSR count). The van der Waals surface area contributed by atoms with Crippen LogP contribution in [-0.2, 0) is 22.6 Å². The molecule has 0 bridgehead atoms. The van der Waals surface area contributed by atoms with Crippen molar-refractivity contribution >= 4 is 17.5 Å². The number of benzene rings is 1. The van der Waals surface area contributed by atoms with E-state index < -0.39 is 0 Å². The van der Waals surface area contributed by atoms with Gasteiger partial charge in [-0.15, -0.1) is 0 Å². The smallest absolute Gasteiger partial charge is 0.237 e. The predicted octanol–water partition coefficient (Wildman–Crippen LogP) is 1.87. The molecule has 2 unspecified atom stereocenters. The highest BCUT2D eigenvalue weighted by molar-refractivity contribution is 6.22. The highest BCUT2D eigenvalue weighted by Crippen LogP contribution is 2.44. The second-order valence-corrected chi connectivity index (χ2v) is 6.68. The number of anilines is 1. The number of carbonyl (C=O) groups is 2. The minimum Gasteiger partial charge on any atom is -0.312 e. The summed E-state index contributed by atoms with van der Waals surface area (Å²) in [5, 5.41) is 3.34. The Labute approximate surface area is 124 Å². The second-order valence-electron chi connectivity index (χ2n) is 6.68. The first-order valence-electron chi connectivity index (χ1n) is 7.85. The number of amides is 2. The Morgan fingerprint density at radius 2 is 1.81 bits per heavy atom. The summed E-state index contributed by atoms with van der Waals surface area (Å²) in [5.74, 6) is 0.349. The maximum atomic E-state index is 12.6. The van der Waals surface area contributed by atoms with Gasteiger partial charge in [-0.25, -0.2) is 0 Å². The molecule has 2 amide bonds. The van der Waals surface area contributed by atoms with Crippen LogP contribution in [0.5, 0.6) is 0 Å². The van der Waals surface area contributed by atoms with E-state index in [0.29, 0.717) is 5.92 Å². The van der Waals surface area contributed by atoms with E-state index in [4.69, 9.17) is 0 Å². The summed E-state index contributed by atoms with van der Waals surface area (Å²) in [6.07, 6.45) is 2.73. The Kier molecular flexibility index (Phi) is 2.89. The van der Waals surface area contributed by atoms with Gasteiger partial charge in [-0.05, 0) is 55.0 Å². The van der Waals surface area contributed by atoms with Crippen molar-refractivity contribution in [1.82, 2.24) is 5.32 Å². The van der Waals surface area contributed by atoms with Crippen molar-refractivity contribution in [2.24, 2.45) is 17.8 Å². The molecule has 0 radical (unpaired) electrons. The van der Waals surface area contributed by atoms with Crippen LogP contribution in [0.1, 0.15) is 30.9 Å². The highest BCUT2D eigenvalue weighted by Gasteiger charge is 2.52. The summed E-state index contributed by atoms with van der Waals surface area (Å²) >= 11 is 0. The lowest BCUT2D eigenvalue weighted by Crippen LogP contribution is -2.32.